The van der Waals surface area contributed by atoms with Gasteiger partial charge in [-0.15, -0.1) is 0 Å². The molecule has 0 atom stereocenters. The Bertz CT molecular complexity index is 1020. The lowest BCUT2D eigenvalue weighted by Crippen LogP contribution is -2.44. The summed E-state index contributed by atoms with van der Waals surface area (Å²) >= 11 is 0. The number of rotatable bonds is 6. The van der Waals surface area contributed by atoms with Gasteiger partial charge < -0.3 is 15.1 Å². The lowest BCUT2D eigenvalue weighted by atomic mass is 10.1. The molecule has 2 aromatic carbocycles. The fraction of sp³-hybridized carbons (Fsp3) is 0.385. The molecule has 170 valence electrons. The Kier molecular flexibility index (Phi) is 8.45. The Labute approximate surface area is 191 Å². The zero-order chi connectivity index (χ0) is 22.9. The summed E-state index contributed by atoms with van der Waals surface area (Å²) in [6.07, 6.45) is 6.07. The van der Waals surface area contributed by atoms with Crippen molar-refractivity contribution in [1.29, 1.82) is 0 Å². The zero-order valence-electron chi connectivity index (χ0n) is 19.6. The normalized spacial score (nSPS) is 14.6. The third kappa shape index (κ3) is 6.20. The predicted molar refractivity (Wildman–Crippen MR) is 136 cm³/mol. The van der Waals surface area contributed by atoms with Crippen LogP contribution in [0.2, 0.25) is 0 Å². The Hall–Kier alpha value is -3.12. The van der Waals surface area contributed by atoms with E-state index in [-0.39, 0.29) is 0 Å². The van der Waals surface area contributed by atoms with E-state index in [2.05, 4.69) is 71.3 Å². The Balaban J connectivity index is 0.000000523. The number of likely N-dealkylation sites (N-methyl/N-ethyl adjacent to an activating group) is 1. The van der Waals surface area contributed by atoms with Crippen molar-refractivity contribution in [3.8, 4) is 0 Å². The van der Waals surface area contributed by atoms with Crippen molar-refractivity contribution in [3.63, 3.8) is 0 Å². The molecular weight excluding hydrogens is 398 g/mol. The molecule has 3 aromatic rings. The van der Waals surface area contributed by atoms with Gasteiger partial charge in [0.2, 0.25) is 6.41 Å². The van der Waals surface area contributed by atoms with E-state index in [0.717, 1.165) is 72.0 Å². The smallest absolute Gasteiger partial charge is 0.211 e. The fourth-order valence-electron chi connectivity index (χ4n) is 3.43. The van der Waals surface area contributed by atoms with Crippen LogP contribution in [-0.2, 0) is 4.79 Å². The third-order valence-electron chi connectivity index (χ3n) is 5.82. The minimum Gasteiger partial charge on any atom is -0.367 e. The molecule has 1 aliphatic heterocycles. The number of piperazine rings is 1. The summed E-state index contributed by atoms with van der Waals surface area (Å²) < 4.78 is 0. The number of nitrogens with zero attached hydrogens (tertiary/aromatic N) is 3. The van der Waals surface area contributed by atoms with E-state index in [1.54, 1.807) is 0 Å². The summed E-state index contributed by atoms with van der Waals surface area (Å²) in [6, 6.07) is 14.2. The molecule has 2 N–H and O–H groups in total. The van der Waals surface area contributed by atoms with Crippen molar-refractivity contribution in [1.82, 2.24) is 15.1 Å². The van der Waals surface area contributed by atoms with Crippen LogP contribution in [0, 0.1) is 5.92 Å². The Morgan fingerprint density at radius 2 is 1.78 bits per heavy atom. The van der Waals surface area contributed by atoms with Crippen LogP contribution in [0.25, 0.3) is 23.1 Å². The molecule has 0 bridgehead atoms. The van der Waals surface area contributed by atoms with Crippen molar-refractivity contribution in [2.75, 3.05) is 43.4 Å². The van der Waals surface area contributed by atoms with Crippen LogP contribution in [-0.4, -0.2) is 54.7 Å². The van der Waals surface area contributed by atoms with E-state index >= 15 is 0 Å². The summed E-state index contributed by atoms with van der Waals surface area (Å²) in [5.74, 6) is 0.884. The molecule has 6 heteroatoms. The van der Waals surface area contributed by atoms with Gasteiger partial charge >= 0.3 is 0 Å². The van der Waals surface area contributed by atoms with Gasteiger partial charge in [-0.1, -0.05) is 63.6 Å². The van der Waals surface area contributed by atoms with Gasteiger partial charge in [-0.05, 0) is 36.7 Å². The molecule has 1 fully saturated rings. The maximum Gasteiger partial charge on any atom is 0.211 e. The first kappa shape index (κ1) is 23.5. The van der Waals surface area contributed by atoms with E-state index in [1.165, 1.54) is 6.42 Å². The average molecular weight is 434 g/mol. The number of amides is 1. The standard InChI is InChI=1S/C21H23N5O.C5H12/c1-25-9-11-26(12-10-25)21-14-19-17(13-20(21)22-15-27)18(23-24-19)8-7-16-5-3-2-4-6-16;1-4-5(2)3/h2-8,13-15H,9-12H2,1H3,(H,22,27)(H,23,24);5H,4H2,1-3H3/b8-7+;. The molecule has 0 aliphatic carbocycles. The average Bonchev–Trinajstić information content (AvgIpc) is 3.21. The summed E-state index contributed by atoms with van der Waals surface area (Å²) in [5, 5.41) is 11.4. The second-order valence-corrected chi connectivity index (χ2v) is 8.62. The Morgan fingerprint density at radius 1 is 1.09 bits per heavy atom. The van der Waals surface area contributed by atoms with Gasteiger partial charge in [-0.3, -0.25) is 9.89 Å². The lowest BCUT2D eigenvalue weighted by molar-refractivity contribution is -0.105. The van der Waals surface area contributed by atoms with Gasteiger partial charge in [-0.2, -0.15) is 5.10 Å². The van der Waals surface area contributed by atoms with Crippen LogP contribution in [0.5, 0.6) is 0 Å². The van der Waals surface area contributed by atoms with Crippen molar-refractivity contribution >= 4 is 40.8 Å². The number of fused-ring (bicyclic) bond motifs is 1. The summed E-state index contributed by atoms with van der Waals surface area (Å²) in [5.41, 5.74) is 4.79. The first-order valence-corrected chi connectivity index (χ1v) is 11.4. The zero-order valence-corrected chi connectivity index (χ0v) is 19.6. The van der Waals surface area contributed by atoms with Crippen LogP contribution in [0.15, 0.2) is 42.5 Å². The largest absolute Gasteiger partial charge is 0.367 e. The molecule has 1 aromatic heterocycles. The molecule has 2 heterocycles. The second kappa shape index (κ2) is 11.5. The SMILES string of the molecule is CCC(C)C.CN1CCN(c2cc3[nH]nc(/C=C/c4ccccc4)c3cc2NC=O)CC1. The number of benzene rings is 2. The second-order valence-electron chi connectivity index (χ2n) is 8.62. The number of aromatic amines is 1. The molecule has 6 nitrogen and oxygen atoms in total. The lowest BCUT2D eigenvalue weighted by Gasteiger charge is -2.35. The number of hydrogen-bond donors (Lipinski definition) is 2. The molecule has 0 unspecified atom stereocenters. The van der Waals surface area contributed by atoms with Gasteiger partial charge in [0.15, 0.2) is 0 Å². The number of aromatic nitrogens is 2. The highest BCUT2D eigenvalue weighted by molar-refractivity contribution is 5.98. The number of anilines is 2. The van der Waals surface area contributed by atoms with Crippen molar-refractivity contribution < 1.29 is 4.79 Å². The number of carbonyl (C=O) groups is 1. The van der Waals surface area contributed by atoms with Crippen molar-refractivity contribution in [2.24, 2.45) is 5.92 Å². The number of carbonyl (C=O) groups excluding carboxylic acids is 1. The predicted octanol–water partition coefficient (Wildman–Crippen LogP) is 5.11. The first-order chi connectivity index (χ1) is 15.5. The number of H-pyrrole nitrogens is 1. The summed E-state index contributed by atoms with van der Waals surface area (Å²) in [4.78, 5) is 15.8. The van der Waals surface area contributed by atoms with E-state index in [4.69, 9.17) is 0 Å². The van der Waals surface area contributed by atoms with Gasteiger partial charge in [0.25, 0.3) is 0 Å². The van der Waals surface area contributed by atoms with E-state index < -0.39 is 0 Å². The van der Waals surface area contributed by atoms with Gasteiger partial charge in [0, 0.05) is 31.6 Å². The molecule has 0 radical (unpaired) electrons. The molecule has 1 aliphatic rings. The van der Waals surface area contributed by atoms with E-state index in [9.17, 15) is 4.79 Å². The van der Waals surface area contributed by atoms with Crippen molar-refractivity contribution in [2.45, 2.75) is 27.2 Å². The summed E-state index contributed by atoms with van der Waals surface area (Å²) in [6.45, 7) is 10.5. The fourth-order valence-corrected chi connectivity index (χ4v) is 3.43. The van der Waals surface area contributed by atoms with Crippen LogP contribution < -0.4 is 10.2 Å². The van der Waals surface area contributed by atoms with Crippen molar-refractivity contribution in [3.05, 3.63) is 53.7 Å². The van der Waals surface area contributed by atoms with Crippen LogP contribution in [0.4, 0.5) is 11.4 Å². The molecule has 1 saturated heterocycles. The highest BCUT2D eigenvalue weighted by Crippen LogP contribution is 2.33. The van der Waals surface area contributed by atoms with Gasteiger partial charge in [0.05, 0.1) is 22.6 Å². The third-order valence-corrected chi connectivity index (χ3v) is 5.82. The molecule has 1 amide bonds. The van der Waals surface area contributed by atoms with Gasteiger partial charge in [-0.25, -0.2) is 0 Å². The van der Waals surface area contributed by atoms with Crippen LogP contribution in [0.1, 0.15) is 38.4 Å². The number of nitrogens with one attached hydrogen (secondary N) is 2. The number of hydrogen-bond acceptors (Lipinski definition) is 4. The van der Waals surface area contributed by atoms with Gasteiger partial charge in [0.1, 0.15) is 0 Å². The maximum absolute atomic E-state index is 11.2. The quantitative estimate of drug-likeness (QED) is 0.531. The highest BCUT2D eigenvalue weighted by atomic mass is 16.1. The first-order valence-electron chi connectivity index (χ1n) is 11.4. The van der Waals surface area contributed by atoms with Crippen LogP contribution in [0.3, 0.4) is 0 Å². The van der Waals surface area contributed by atoms with E-state index in [1.807, 2.05) is 36.4 Å². The Morgan fingerprint density at radius 3 is 2.41 bits per heavy atom. The highest BCUT2D eigenvalue weighted by Gasteiger charge is 2.19. The van der Waals surface area contributed by atoms with E-state index in [0.29, 0.717) is 0 Å². The molecule has 0 saturated carbocycles. The molecule has 32 heavy (non-hydrogen) atoms. The summed E-state index contributed by atoms with van der Waals surface area (Å²) in [7, 11) is 2.13. The maximum atomic E-state index is 11.2. The minimum atomic E-state index is 0.736. The minimum absolute atomic E-state index is 0.736. The molecular formula is C26H35N5O. The molecule has 0 spiro atoms. The monoisotopic (exact) mass is 433 g/mol. The topological polar surface area (TPSA) is 64.3 Å². The van der Waals surface area contributed by atoms with Crippen LogP contribution >= 0.6 is 0 Å². The molecule has 4 rings (SSSR count).